The van der Waals surface area contributed by atoms with Crippen molar-refractivity contribution in [3.05, 3.63) is 33.3 Å². The Balaban J connectivity index is 2.15. The molecule has 1 N–H and O–H groups in total. The molecular formula is C12H14BrClN2O. The number of carbonyl (C=O) groups excluding carboxylic acids is 1. The van der Waals surface area contributed by atoms with Crippen molar-refractivity contribution < 1.29 is 4.79 Å². The van der Waals surface area contributed by atoms with Crippen LogP contribution >= 0.6 is 27.5 Å². The van der Waals surface area contributed by atoms with Crippen LogP contribution in [0.25, 0.3) is 0 Å². The van der Waals surface area contributed by atoms with Gasteiger partial charge in [0.25, 0.3) is 5.91 Å². The molecule has 17 heavy (non-hydrogen) atoms. The molecule has 1 heterocycles. The molecule has 0 saturated carbocycles. The van der Waals surface area contributed by atoms with Crippen molar-refractivity contribution in [3.63, 3.8) is 0 Å². The Morgan fingerprint density at radius 3 is 3.00 bits per heavy atom. The Labute approximate surface area is 114 Å². The average Bonchev–Trinajstić information content (AvgIpc) is 2.32. The van der Waals surface area contributed by atoms with Crippen molar-refractivity contribution in [1.29, 1.82) is 0 Å². The molecule has 1 atom stereocenters. The van der Waals surface area contributed by atoms with E-state index < -0.39 is 0 Å². The van der Waals surface area contributed by atoms with Crippen LogP contribution in [0.2, 0.25) is 5.02 Å². The van der Waals surface area contributed by atoms with E-state index in [1.807, 2.05) is 4.90 Å². The number of rotatable bonds is 1. The molecule has 92 valence electrons. The van der Waals surface area contributed by atoms with Gasteiger partial charge in [0.1, 0.15) is 0 Å². The molecule has 1 saturated heterocycles. The second kappa shape index (κ2) is 5.38. The fourth-order valence-corrected chi connectivity index (χ4v) is 2.36. The maximum atomic E-state index is 12.2. The number of halogens is 2. The van der Waals surface area contributed by atoms with Gasteiger partial charge >= 0.3 is 0 Å². The van der Waals surface area contributed by atoms with E-state index in [4.69, 9.17) is 11.6 Å². The Morgan fingerprint density at radius 1 is 1.59 bits per heavy atom. The van der Waals surface area contributed by atoms with Gasteiger partial charge in [-0.15, -0.1) is 0 Å². The summed E-state index contributed by atoms with van der Waals surface area (Å²) in [6.45, 7) is 4.41. The molecule has 0 aliphatic carbocycles. The number of hydrogen-bond donors (Lipinski definition) is 1. The highest BCUT2D eigenvalue weighted by Gasteiger charge is 2.21. The van der Waals surface area contributed by atoms with E-state index in [9.17, 15) is 4.79 Å². The molecule has 1 amide bonds. The number of amides is 1. The van der Waals surface area contributed by atoms with Gasteiger partial charge in [0.05, 0.1) is 5.02 Å². The molecule has 0 spiro atoms. The Hall–Kier alpha value is -0.580. The Morgan fingerprint density at radius 2 is 2.35 bits per heavy atom. The molecule has 3 nitrogen and oxygen atoms in total. The molecule has 0 unspecified atom stereocenters. The van der Waals surface area contributed by atoms with Gasteiger partial charge in [-0.25, -0.2) is 0 Å². The second-order valence-corrected chi connectivity index (χ2v) is 5.50. The Bertz CT molecular complexity index is 439. The summed E-state index contributed by atoms with van der Waals surface area (Å²) in [6.07, 6.45) is 0. The first-order chi connectivity index (χ1) is 8.08. The molecule has 0 aromatic heterocycles. The number of nitrogens with zero attached hydrogens (tertiary/aromatic N) is 1. The van der Waals surface area contributed by atoms with Gasteiger partial charge in [0.15, 0.2) is 0 Å². The maximum Gasteiger partial charge on any atom is 0.254 e. The summed E-state index contributed by atoms with van der Waals surface area (Å²) < 4.78 is 0.810. The van der Waals surface area contributed by atoms with E-state index in [1.54, 1.807) is 18.2 Å². The molecule has 1 aromatic carbocycles. The molecular weight excluding hydrogens is 304 g/mol. The van der Waals surface area contributed by atoms with E-state index in [0.29, 0.717) is 16.6 Å². The first kappa shape index (κ1) is 12.9. The summed E-state index contributed by atoms with van der Waals surface area (Å²) in [5.74, 6) is 0.0488. The largest absolute Gasteiger partial charge is 0.336 e. The summed E-state index contributed by atoms with van der Waals surface area (Å²) in [4.78, 5) is 14.1. The monoisotopic (exact) mass is 316 g/mol. The van der Waals surface area contributed by atoms with Gasteiger partial charge in [-0.1, -0.05) is 11.6 Å². The zero-order valence-electron chi connectivity index (χ0n) is 9.54. The fourth-order valence-electron chi connectivity index (χ4n) is 1.93. The van der Waals surface area contributed by atoms with Crippen molar-refractivity contribution in [2.75, 3.05) is 19.6 Å². The number of carbonyl (C=O) groups is 1. The molecule has 2 rings (SSSR count). The predicted octanol–water partition coefficient (Wildman–Crippen LogP) is 2.54. The van der Waals surface area contributed by atoms with Crippen molar-refractivity contribution in [2.24, 2.45) is 0 Å². The smallest absolute Gasteiger partial charge is 0.254 e. The number of nitrogens with one attached hydrogen (secondary N) is 1. The highest BCUT2D eigenvalue weighted by Crippen LogP contribution is 2.24. The van der Waals surface area contributed by atoms with Crippen molar-refractivity contribution in [2.45, 2.75) is 13.0 Å². The zero-order valence-corrected chi connectivity index (χ0v) is 11.9. The van der Waals surface area contributed by atoms with Gasteiger partial charge in [-0.05, 0) is 41.1 Å². The topological polar surface area (TPSA) is 32.3 Å². The van der Waals surface area contributed by atoms with E-state index >= 15 is 0 Å². The zero-order chi connectivity index (χ0) is 12.4. The lowest BCUT2D eigenvalue weighted by atomic mass is 10.1. The summed E-state index contributed by atoms with van der Waals surface area (Å²) in [7, 11) is 0. The average molecular weight is 318 g/mol. The predicted molar refractivity (Wildman–Crippen MR) is 72.5 cm³/mol. The van der Waals surface area contributed by atoms with Crippen LogP contribution in [-0.4, -0.2) is 36.5 Å². The third-order valence-corrected chi connectivity index (χ3v) is 4.06. The van der Waals surface area contributed by atoms with Gasteiger partial charge in [0, 0.05) is 35.7 Å². The minimum Gasteiger partial charge on any atom is -0.336 e. The molecule has 0 bridgehead atoms. The molecule has 1 fully saturated rings. The van der Waals surface area contributed by atoms with Gasteiger partial charge in [-0.3, -0.25) is 4.79 Å². The molecule has 1 aromatic rings. The minimum atomic E-state index is 0.0488. The van der Waals surface area contributed by atoms with Gasteiger partial charge < -0.3 is 10.2 Å². The van der Waals surface area contributed by atoms with Crippen LogP contribution in [0, 0.1) is 0 Å². The van der Waals surface area contributed by atoms with E-state index in [1.165, 1.54) is 0 Å². The van der Waals surface area contributed by atoms with Gasteiger partial charge in [-0.2, -0.15) is 0 Å². The maximum absolute atomic E-state index is 12.2. The Kier molecular flexibility index (Phi) is 4.07. The first-order valence-electron chi connectivity index (χ1n) is 5.55. The van der Waals surface area contributed by atoms with E-state index in [0.717, 1.165) is 24.1 Å². The summed E-state index contributed by atoms with van der Waals surface area (Å²) >= 11 is 9.31. The SMILES string of the molecule is C[C@@H]1CN(C(=O)c2ccc(Br)c(Cl)c2)CCN1. The minimum absolute atomic E-state index is 0.0488. The highest BCUT2D eigenvalue weighted by molar-refractivity contribution is 9.10. The lowest BCUT2D eigenvalue weighted by Gasteiger charge is -2.32. The summed E-state index contributed by atoms with van der Waals surface area (Å²) in [5.41, 5.74) is 0.646. The molecule has 1 aliphatic rings. The highest BCUT2D eigenvalue weighted by atomic mass is 79.9. The van der Waals surface area contributed by atoms with Crippen LogP contribution in [-0.2, 0) is 0 Å². The van der Waals surface area contributed by atoms with Crippen LogP contribution in [0.5, 0.6) is 0 Å². The second-order valence-electron chi connectivity index (χ2n) is 4.24. The van der Waals surface area contributed by atoms with Crippen molar-refractivity contribution in [3.8, 4) is 0 Å². The fraction of sp³-hybridized carbons (Fsp3) is 0.417. The lowest BCUT2D eigenvalue weighted by molar-refractivity contribution is 0.0709. The third-order valence-electron chi connectivity index (χ3n) is 2.82. The first-order valence-corrected chi connectivity index (χ1v) is 6.72. The third kappa shape index (κ3) is 3.00. The number of hydrogen-bond acceptors (Lipinski definition) is 2. The normalized spacial score (nSPS) is 20.4. The van der Waals surface area contributed by atoms with Crippen molar-refractivity contribution >= 4 is 33.4 Å². The lowest BCUT2D eigenvalue weighted by Crippen LogP contribution is -2.51. The van der Waals surface area contributed by atoms with Crippen LogP contribution in [0.15, 0.2) is 22.7 Å². The summed E-state index contributed by atoms with van der Waals surface area (Å²) in [5, 5.41) is 3.88. The summed E-state index contributed by atoms with van der Waals surface area (Å²) in [6, 6.07) is 5.66. The number of piperazine rings is 1. The van der Waals surface area contributed by atoms with E-state index in [2.05, 4.69) is 28.2 Å². The number of benzene rings is 1. The van der Waals surface area contributed by atoms with Crippen LogP contribution in [0.1, 0.15) is 17.3 Å². The quantitative estimate of drug-likeness (QED) is 0.863. The van der Waals surface area contributed by atoms with Crippen molar-refractivity contribution in [1.82, 2.24) is 10.2 Å². The van der Waals surface area contributed by atoms with E-state index in [-0.39, 0.29) is 5.91 Å². The van der Waals surface area contributed by atoms with Gasteiger partial charge in [0.2, 0.25) is 0 Å². The molecule has 5 heteroatoms. The van der Waals surface area contributed by atoms with Crippen LogP contribution < -0.4 is 5.32 Å². The molecule has 1 aliphatic heterocycles. The molecule has 0 radical (unpaired) electrons. The van der Waals surface area contributed by atoms with Crippen LogP contribution in [0.3, 0.4) is 0 Å². The van der Waals surface area contributed by atoms with Crippen LogP contribution in [0.4, 0.5) is 0 Å². The standard InChI is InChI=1S/C12H14BrClN2O/c1-8-7-16(5-4-15-8)12(17)9-2-3-10(13)11(14)6-9/h2-3,6,8,15H,4-5,7H2,1H3/t8-/m1/s1.